The van der Waals surface area contributed by atoms with Crippen molar-refractivity contribution in [3.8, 4) is 11.5 Å². The van der Waals surface area contributed by atoms with E-state index in [4.69, 9.17) is 9.47 Å². The van der Waals surface area contributed by atoms with Gasteiger partial charge in [-0.1, -0.05) is 0 Å². The number of carbonyl (C=O) groups is 1. The minimum absolute atomic E-state index is 0.0481. The van der Waals surface area contributed by atoms with Crippen LogP contribution in [-0.2, 0) is 0 Å². The van der Waals surface area contributed by atoms with Gasteiger partial charge in [0.15, 0.2) is 11.5 Å². The molecule has 1 heterocycles. The number of benzene rings is 1. The molecular weight excluding hydrogens is 316 g/mol. The lowest BCUT2D eigenvalue weighted by Gasteiger charge is -2.38. The van der Waals surface area contributed by atoms with Crippen LogP contribution in [0.15, 0.2) is 18.2 Å². The SMILES string of the molecule is CCOc1ccc(C(=O)N(C)C2CCN(C(C)C)CC2)cc1OCC. The zero-order valence-corrected chi connectivity index (χ0v) is 16.2. The topological polar surface area (TPSA) is 42.0 Å². The van der Waals surface area contributed by atoms with Gasteiger partial charge in [0.1, 0.15) is 0 Å². The van der Waals surface area contributed by atoms with Crippen molar-refractivity contribution in [3.05, 3.63) is 23.8 Å². The Bertz CT molecular complexity index is 566. The van der Waals surface area contributed by atoms with Crippen molar-refractivity contribution in [1.82, 2.24) is 9.80 Å². The van der Waals surface area contributed by atoms with Crippen LogP contribution in [0.1, 0.15) is 50.9 Å². The maximum atomic E-state index is 12.9. The highest BCUT2D eigenvalue weighted by Gasteiger charge is 2.27. The molecule has 140 valence electrons. The number of hydrogen-bond acceptors (Lipinski definition) is 4. The fraction of sp³-hybridized carbons (Fsp3) is 0.650. The van der Waals surface area contributed by atoms with Crippen LogP contribution < -0.4 is 9.47 Å². The van der Waals surface area contributed by atoms with Gasteiger partial charge < -0.3 is 19.3 Å². The fourth-order valence-corrected chi connectivity index (χ4v) is 3.34. The summed E-state index contributed by atoms with van der Waals surface area (Å²) in [6.07, 6.45) is 2.05. The Morgan fingerprint density at radius 2 is 1.76 bits per heavy atom. The Hall–Kier alpha value is -1.75. The second-order valence-electron chi connectivity index (χ2n) is 6.80. The van der Waals surface area contributed by atoms with Crippen LogP contribution in [0, 0.1) is 0 Å². The molecule has 1 fully saturated rings. The fourth-order valence-electron chi connectivity index (χ4n) is 3.34. The smallest absolute Gasteiger partial charge is 0.253 e. The third-order valence-electron chi connectivity index (χ3n) is 4.89. The van der Waals surface area contributed by atoms with Crippen LogP contribution in [-0.4, -0.2) is 61.1 Å². The van der Waals surface area contributed by atoms with Crippen LogP contribution in [0.2, 0.25) is 0 Å². The van der Waals surface area contributed by atoms with Gasteiger partial charge in [0.2, 0.25) is 0 Å². The molecule has 1 saturated heterocycles. The van der Waals surface area contributed by atoms with Gasteiger partial charge in [-0.15, -0.1) is 0 Å². The molecule has 0 bridgehead atoms. The Labute approximate surface area is 151 Å². The molecule has 5 nitrogen and oxygen atoms in total. The summed E-state index contributed by atoms with van der Waals surface area (Å²) < 4.78 is 11.2. The Morgan fingerprint density at radius 3 is 2.32 bits per heavy atom. The Balaban J connectivity index is 2.07. The van der Waals surface area contributed by atoms with Crippen LogP contribution >= 0.6 is 0 Å². The molecule has 1 aromatic rings. The number of hydrogen-bond donors (Lipinski definition) is 0. The second-order valence-corrected chi connectivity index (χ2v) is 6.80. The summed E-state index contributed by atoms with van der Waals surface area (Å²) in [6.45, 7) is 11.5. The van der Waals surface area contributed by atoms with E-state index in [-0.39, 0.29) is 5.91 Å². The Kier molecular flexibility index (Phi) is 7.12. The molecule has 0 saturated carbocycles. The minimum Gasteiger partial charge on any atom is -0.490 e. The number of rotatable bonds is 7. The van der Waals surface area contributed by atoms with E-state index < -0.39 is 0 Å². The summed E-state index contributed by atoms with van der Waals surface area (Å²) in [5.74, 6) is 1.37. The van der Waals surface area contributed by atoms with Crippen molar-refractivity contribution < 1.29 is 14.3 Å². The van der Waals surface area contributed by atoms with E-state index in [9.17, 15) is 4.79 Å². The van der Waals surface area contributed by atoms with Gasteiger partial charge in [-0.3, -0.25) is 4.79 Å². The van der Waals surface area contributed by atoms with Gasteiger partial charge in [0, 0.05) is 37.8 Å². The molecule has 5 heteroatoms. The highest BCUT2D eigenvalue weighted by molar-refractivity contribution is 5.95. The molecule has 1 aromatic carbocycles. The average Bonchev–Trinajstić information content (AvgIpc) is 2.62. The van der Waals surface area contributed by atoms with Gasteiger partial charge in [0.25, 0.3) is 5.91 Å². The molecule has 1 aliphatic heterocycles. The largest absolute Gasteiger partial charge is 0.490 e. The molecule has 0 spiro atoms. The number of piperidine rings is 1. The first-order valence-electron chi connectivity index (χ1n) is 9.38. The molecule has 1 aliphatic rings. The van der Waals surface area contributed by atoms with Crippen LogP contribution in [0.5, 0.6) is 11.5 Å². The normalized spacial score (nSPS) is 16.1. The molecule has 0 aliphatic carbocycles. The van der Waals surface area contributed by atoms with Gasteiger partial charge in [-0.25, -0.2) is 0 Å². The van der Waals surface area contributed by atoms with Gasteiger partial charge in [0.05, 0.1) is 13.2 Å². The number of ether oxygens (including phenoxy) is 2. The van der Waals surface area contributed by atoms with E-state index in [0.717, 1.165) is 25.9 Å². The van der Waals surface area contributed by atoms with Crippen molar-refractivity contribution in [1.29, 1.82) is 0 Å². The first-order valence-corrected chi connectivity index (χ1v) is 9.38. The minimum atomic E-state index is 0.0481. The number of carbonyl (C=O) groups excluding carboxylic acids is 1. The maximum absolute atomic E-state index is 12.9. The average molecular weight is 348 g/mol. The number of likely N-dealkylation sites (tertiary alicyclic amines) is 1. The first kappa shape index (κ1) is 19.6. The third kappa shape index (κ3) is 4.88. The molecule has 1 amide bonds. The van der Waals surface area contributed by atoms with Crippen molar-refractivity contribution in [3.63, 3.8) is 0 Å². The molecule has 25 heavy (non-hydrogen) atoms. The molecule has 0 N–H and O–H groups in total. The summed E-state index contributed by atoms with van der Waals surface area (Å²) in [5, 5.41) is 0. The third-order valence-corrected chi connectivity index (χ3v) is 4.89. The van der Waals surface area contributed by atoms with E-state index in [1.165, 1.54) is 0 Å². The van der Waals surface area contributed by atoms with Crippen LogP contribution in [0.4, 0.5) is 0 Å². The lowest BCUT2D eigenvalue weighted by atomic mass is 10.0. The van der Waals surface area contributed by atoms with Crippen LogP contribution in [0.25, 0.3) is 0 Å². The van der Waals surface area contributed by atoms with Crippen molar-refractivity contribution in [2.45, 2.75) is 52.6 Å². The molecule has 0 unspecified atom stereocenters. The second kappa shape index (κ2) is 9.09. The van der Waals surface area contributed by atoms with Crippen molar-refractivity contribution in [2.24, 2.45) is 0 Å². The van der Waals surface area contributed by atoms with Crippen molar-refractivity contribution in [2.75, 3.05) is 33.4 Å². The van der Waals surface area contributed by atoms with Crippen LogP contribution in [0.3, 0.4) is 0 Å². The standard InChI is InChI=1S/C20H32N2O3/c1-6-24-18-9-8-16(14-19(18)25-7-2)20(23)21(5)17-10-12-22(13-11-17)15(3)4/h8-9,14-15,17H,6-7,10-13H2,1-5H3. The lowest BCUT2D eigenvalue weighted by molar-refractivity contribution is 0.0615. The molecule has 0 aromatic heterocycles. The van der Waals surface area contributed by atoms with Gasteiger partial charge in [-0.05, 0) is 58.7 Å². The van der Waals surface area contributed by atoms with E-state index in [1.54, 1.807) is 6.07 Å². The Morgan fingerprint density at radius 1 is 1.16 bits per heavy atom. The maximum Gasteiger partial charge on any atom is 0.253 e. The summed E-state index contributed by atoms with van der Waals surface area (Å²) in [6, 6.07) is 6.33. The van der Waals surface area contributed by atoms with E-state index in [2.05, 4.69) is 18.7 Å². The monoisotopic (exact) mass is 348 g/mol. The van der Waals surface area contributed by atoms with Gasteiger partial charge in [-0.2, -0.15) is 0 Å². The zero-order valence-electron chi connectivity index (χ0n) is 16.2. The summed E-state index contributed by atoms with van der Waals surface area (Å²) in [5.41, 5.74) is 0.653. The molecule has 2 rings (SSSR count). The highest BCUT2D eigenvalue weighted by Crippen LogP contribution is 2.29. The first-order chi connectivity index (χ1) is 12.0. The van der Waals surface area contributed by atoms with E-state index in [1.807, 2.05) is 37.9 Å². The predicted octanol–water partition coefficient (Wildman–Crippen LogP) is 3.43. The zero-order chi connectivity index (χ0) is 18.4. The quantitative estimate of drug-likeness (QED) is 0.757. The van der Waals surface area contributed by atoms with E-state index in [0.29, 0.717) is 42.4 Å². The summed E-state index contributed by atoms with van der Waals surface area (Å²) in [7, 11) is 1.91. The number of nitrogens with zero attached hydrogens (tertiary/aromatic N) is 2. The molecular formula is C20H32N2O3. The van der Waals surface area contributed by atoms with Gasteiger partial charge >= 0.3 is 0 Å². The summed E-state index contributed by atoms with van der Waals surface area (Å²) >= 11 is 0. The van der Waals surface area contributed by atoms with E-state index >= 15 is 0 Å². The predicted molar refractivity (Wildman–Crippen MR) is 101 cm³/mol. The lowest BCUT2D eigenvalue weighted by Crippen LogP contribution is -2.47. The summed E-state index contributed by atoms with van der Waals surface area (Å²) in [4.78, 5) is 17.3. The number of amides is 1. The highest BCUT2D eigenvalue weighted by atomic mass is 16.5. The van der Waals surface area contributed by atoms with Crippen molar-refractivity contribution >= 4 is 5.91 Å². The molecule has 0 atom stereocenters. The molecule has 0 radical (unpaired) electrons.